The molecule has 14 heavy (non-hydrogen) atoms. The van der Waals surface area contributed by atoms with E-state index in [1.165, 1.54) is 32.5 Å². The second-order valence-corrected chi connectivity index (χ2v) is 5.38. The maximum Gasteiger partial charge on any atom is 0.00104 e. The van der Waals surface area contributed by atoms with E-state index in [2.05, 4.69) is 25.7 Å². The molecule has 2 unspecified atom stereocenters. The first kappa shape index (κ1) is 12.0. The molecule has 1 fully saturated rings. The van der Waals surface area contributed by atoms with Crippen LogP contribution in [0.2, 0.25) is 0 Å². The summed E-state index contributed by atoms with van der Waals surface area (Å²) in [7, 11) is 0. The molecule has 0 radical (unpaired) electrons. The average molecular weight is 198 g/mol. The topological polar surface area (TPSA) is 29.3 Å². The molecule has 0 aromatic rings. The Kier molecular flexibility index (Phi) is 4.90. The molecule has 1 saturated heterocycles. The van der Waals surface area contributed by atoms with Crippen LogP contribution in [0, 0.1) is 17.8 Å². The summed E-state index contributed by atoms with van der Waals surface area (Å²) in [6.45, 7) is 11.6. The monoisotopic (exact) mass is 198 g/mol. The molecule has 2 N–H and O–H groups in total. The Bertz CT molecular complexity index is 156. The minimum atomic E-state index is 0.707. The van der Waals surface area contributed by atoms with Crippen molar-refractivity contribution in [1.82, 2.24) is 4.90 Å². The van der Waals surface area contributed by atoms with Gasteiger partial charge in [0.05, 0.1) is 0 Å². The summed E-state index contributed by atoms with van der Waals surface area (Å²) in [5, 5.41) is 0. The first-order chi connectivity index (χ1) is 6.61. The highest BCUT2D eigenvalue weighted by atomic mass is 15.1. The molecule has 1 heterocycles. The highest BCUT2D eigenvalue weighted by Gasteiger charge is 2.23. The zero-order valence-corrected chi connectivity index (χ0v) is 10.00. The van der Waals surface area contributed by atoms with Gasteiger partial charge < -0.3 is 10.6 Å². The maximum atomic E-state index is 5.65. The van der Waals surface area contributed by atoms with Crippen LogP contribution < -0.4 is 5.73 Å². The smallest absolute Gasteiger partial charge is 0.00104 e. The summed E-state index contributed by atoms with van der Waals surface area (Å²) in [6, 6.07) is 0. The van der Waals surface area contributed by atoms with Gasteiger partial charge in [0.2, 0.25) is 0 Å². The van der Waals surface area contributed by atoms with Crippen LogP contribution in [0.5, 0.6) is 0 Å². The summed E-state index contributed by atoms with van der Waals surface area (Å²) < 4.78 is 0. The van der Waals surface area contributed by atoms with Gasteiger partial charge in [0.25, 0.3) is 0 Å². The summed E-state index contributed by atoms with van der Waals surface area (Å²) in [5.41, 5.74) is 5.65. The minimum absolute atomic E-state index is 0.707. The van der Waals surface area contributed by atoms with Crippen molar-refractivity contribution >= 4 is 0 Å². The van der Waals surface area contributed by atoms with E-state index in [1.807, 2.05) is 0 Å². The molecule has 2 atom stereocenters. The fourth-order valence-electron chi connectivity index (χ4n) is 2.45. The van der Waals surface area contributed by atoms with Crippen molar-refractivity contribution in [2.24, 2.45) is 23.5 Å². The zero-order chi connectivity index (χ0) is 10.6. The third kappa shape index (κ3) is 3.97. The zero-order valence-electron chi connectivity index (χ0n) is 10.00. The molecule has 1 aliphatic rings. The first-order valence-corrected chi connectivity index (χ1v) is 6.04. The van der Waals surface area contributed by atoms with Crippen molar-refractivity contribution in [3.63, 3.8) is 0 Å². The van der Waals surface area contributed by atoms with Gasteiger partial charge in [-0.15, -0.1) is 0 Å². The second-order valence-electron chi connectivity index (χ2n) is 5.38. The van der Waals surface area contributed by atoms with Gasteiger partial charge >= 0.3 is 0 Å². The van der Waals surface area contributed by atoms with Crippen LogP contribution in [0.25, 0.3) is 0 Å². The maximum absolute atomic E-state index is 5.65. The SMILES string of the molecule is CC(C)CN1CCC(CC(C)CN)C1. The molecule has 0 aromatic carbocycles. The first-order valence-electron chi connectivity index (χ1n) is 6.04. The molecular weight excluding hydrogens is 172 g/mol. The van der Waals surface area contributed by atoms with E-state index in [-0.39, 0.29) is 0 Å². The van der Waals surface area contributed by atoms with E-state index in [1.54, 1.807) is 0 Å². The predicted octanol–water partition coefficient (Wildman–Crippen LogP) is 1.95. The molecule has 0 aliphatic carbocycles. The van der Waals surface area contributed by atoms with Crippen LogP contribution >= 0.6 is 0 Å². The van der Waals surface area contributed by atoms with Crippen molar-refractivity contribution in [1.29, 1.82) is 0 Å². The van der Waals surface area contributed by atoms with E-state index in [0.717, 1.165) is 18.4 Å². The van der Waals surface area contributed by atoms with Gasteiger partial charge in [-0.05, 0) is 43.7 Å². The van der Waals surface area contributed by atoms with Crippen LogP contribution in [0.15, 0.2) is 0 Å². The molecule has 84 valence electrons. The molecule has 0 amide bonds. The molecule has 0 saturated carbocycles. The summed E-state index contributed by atoms with van der Waals surface area (Å²) in [4.78, 5) is 2.61. The predicted molar refractivity (Wildman–Crippen MR) is 62.2 cm³/mol. The summed E-state index contributed by atoms with van der Waals surface area (Å²) in [6.07, 6.45) is 2.71. The highest BCUT2D eigenvalue weighted by Crippen LogP contribution is 2.23. The van der Waals surface area contributed by atoms with Crippen LogP contribution in [0.4, 0.5) is 0 Å². The summed E-state index contributed by atoms with van der Waals surface area (Å²) in [5.74, 6) is 2.42. The van der Waals surface area contributed by atoms with E-state index in [4.69, 9.17) is 5.73 Å². The Balaban J connectivity index is 2.20. The number of rotatable bonds is 5. The van der Waals surface area contributed by atoms with E-state index < -0.39 is 0 Å². The second kappa shape index (κ2) is 5.72. The normalized spacial score (nSPS) is 25.9. The van der Waals surface area contributed by atoms with Gasteiger partial charge in [-0.3, -0.25) is 0 Å². The third-order valence-corrected chi connectivity index (χ3v) is 3.13. The lowest BCUT2D eigenvalue weighted by molar-refractivity contribution is 0.279. The van der Waals surface area contributed by atoms with Crippen molar-refractivity contribution in [3.8, 4) is 0 Å². The van der Waals surface area contributed by atoms with Gasteiger partial charge in [0.15, 0.2) is 0 Å². The van der Waals surface area contributed by atoms with Crippen molar-refractivity contribution in [2.45, 2.75) is 33.6 Å². The van der Waals surface area contributed by atoms with Gasteiger partial charge in [-0.2, -0.15) is 0 Å². The van der Waals surface area contributed by atoms with Crippen molar-refractivity contribution in [3.05, 3.63) is 0 Å². The van der Waals surface area contributed by atoms with Gasteiger partial charge in [-0.25, -0.2) is 0 Å². The lowest BCUT2D eigenvalue weighted by Crippen LogP contribution is -2.26. The number of hydrogen-bond donors (Lipinski definition) is 1. The lowest BCUT2D eigenvalue weighted by Gasteiger charge is -2.19. The molecule has 1 rings (SSSR count). The molecule has 2 nitrogen and oxygen atoms in total. The summed E-state index contributed by atoms with van der Waals surface area (Å²) >= 11 is 0. The van der Waals surface area contributed by atoms with Crippen molar-refractivity contribution in [2.75, 3.05) is 26.2 Å². The fraction of sp³-hybridized carbons (Fsp3) is 1.00. The molecule has 0 aromatic heterocycles. The molecular formula is C12H26N2. The lowest BCUT2D eigenvalue weighted by atomic mass is 9.95. The number of likely N-dealkylation sites (tertiary alicyclic amines) is 1. The standard InChI is InChI=1S/C12H26N2/c1-10(2)8-14-5-4-12(9-14)6-11(3)7-13/h10-12H,4-9,13H2,1-3H3. The Hall–Kier alpha value is -0.0800. The Morgan fingerprint density at radius 1 is 1.36 bits per heavy atom. The highest BCUT2D eigenvalue weighted by molar-refractivity contribution is 4.77. The van der Waals surface area contributed by atoms with Gasteiger partial charge in [-0.1, -0.05) is 20.8 Å². The Labute approximate surface area is 88.8 Å². The number of nitrogens with zero attached hydrogens (tertiary/aromatic N) is 1. The molecule has 0 bridgehead atoms. The third-order valence-electron chi connectivity index (χ3n) is 3.13. The van der Waals surface area contributed by atoms with Crippen LogP contribution in [-0.4, -0.2) is 31.1 Å². The van der Waals surface area contributed by atoms with E-state index in [0.29, 0.717) is 5.92 Å². The van der Waals surface area contributed by atoms with Crippen LogP contribution in [-0.2, 0) is 0 Å². The van der Waals surface area contributed by atoms with E-state index >= 15 is 0 Å². The Morgan fingerprint density at radius 2 is 2.07 bits per heavy atom. The number of hydrogen-bond acceptors (Lipinski definition) is 2. The average Bonchev–Trinajstić information content (AvgIpc) is 2.51. The largest absolute Gasteiger partial charge is 0.330 e. The van der Waals surface area contributed by atoms with Crippen LogP contribution in [0.3, 0.4) is 0 Å². The molecule has 1 aliphatic heterocycles. The minimum Gasteiger partial charge on any atom is -0.330 e. The Morgan fingerprint density at radius 3 is 2.64 bits per heavy atom. The molecule has 0 spiro atoms. The van der Waals surface area contributed by atoms with Crippen LogP contribution in [0.1, 0.15) is 33.6 Å². The fourth-order valence-corrected chi connectivity index (χ4v) is 2.45. The quantitative estimate of drug-likeness (QED) is 0.731. The van der Waals surface area contributed by atoms with E-state index in [9.17, 15) is 0 Å². The van der Waals surface area contributed by atoms with Crippen molar-refractivity contribution < 1.29 is 0 Å². The number of nitrogens with two attached hydrogens (primary N) is 1. The van der Waals surface area contributed by atoms with Gasteiger partial charge in [0, 0.05) is 13.1 Å². The van der Waals surface area contributed by atoms with Gasteiger partial charge in [0.1, 0.15) is 0 Å². The molecule has 2 heteroatoms.